The number of piperidine rings is 1. The fourth-order valence-electron chi connectivity index (χ4n) is 1.72. The first kappa shape index (κ1) is 9.46. The van der Waals surface area contributed by atoms with Gasteiger partial charge in [0.15, 0.2) is 5.78 Å². The molecule has 0 aliphatic carbocycles. The van der Waals surface area contributed by atoms with Gasteiger partial charge < -0.3 is 5.32 Å². The molecule has 68 valence electrons. The number of nitrogens with one attached hydrogen (secondary N) is 1. The number of Topliss-reactive ketones (excluding diaryl/α,β-unsaturated/α-hetero) is 1. The van der Waals surface area contributed by atoms with E-state index in [4.69, 9.17) is 0 Å². The average molecular weight is 167 g/mol. The summed E-state index contributed by atoms with van der Waals surface area (Å²) < 4.78 is 0. The summed E-state index contributed by atoms with van der Waals surface area (Å²) in [6.07, 6.45) is 1.89. The Hall–Kier alpha value is -0.630. The summed E-state index contributed by atoms with van der Waals surface area (Å²) in [6.45, 7) is 9.46. The molecule has 12 heavy (non-hydrogen) atoms. The zero-order valence-corrected chi connectivity index (χ0v) is 7.94. The number of hydrogen-bond donors (Lipinski definition) is 1. The largest absolute Gasteiger partial charge is 0.317 e. The monoisotopic (exact) mass is 167 g/mol. The quantitative estimate of drug-likeness (QED) is 0.632. The van der Waals surface area contributed by atoms with E-state index in [-0.39, 0.29) is 11.2 Å². The minimum atomic E-state index is -0.142. The molecule has 0 saturated carbocycles. The SMILES string of the molecule is C=C(C)C(=O)C1(C)CCNCC1. The van der Waals surface area contributed by atoms with Crippen LogP contribution in [0.1, 0.15) is 26.7 Å². The Labute approximate surface area is 74.0 Å². The minimum absolute atomic E-state index is 0.142. The standard InChI is InChI=1S/C10H17NO/c1-8(2)9(12)10(3)4-6-11-7-5-10/h11H,1,4-7H2,2-3H3. The van der Waals surface area contributed by atoms with Gasteiger partial charge in [-0.05, 0) is 38.4 Å². The Kier molecular flexibility index (Phi) is 2.68. The molecule has 0 radical (unpaired) electrons. The number of carbonyl (C=O) groups excluding carboxylic acids is 1. The van der Waals surface area contributed by atoms with Crippen LogP contribution >= 0.6 is 0 Å². The first-order valence-corrected chi connectivity index (χ1v) is 4.47. The Balaban J connectivity index is 2.69. The molecule has 0 aromatic heterocycles. The number of hydrogen-bond acceptors (Lipinski definition) is 2. The highest BCUT2D eigenvalue weighted by Gasteiger charge is 2.34. The summed E-state index contributed by atoms with van der Waals surface area (Å²) >= 11 is 0. The van der Waals surface area contributed by atoms with Crippen molar-refractivity contribution in [1.29, 1.82) is 0 Å². The maximum atomic E-state index is 11.7. The number of allylic oxidation sites excluding steroid dienone is 1. The zero-order valence-electron chi connectivity index (χ0n) is 7.94. The molecule has 2 nitrogen and oxygen atoms in total. The predicted octanol–water partition coefficient (Wildman–Crippen LogP) is 1.52. The second kappa shape index (κ2) is 3.40. The van der Waals surface area contributed by atoms with Crippen LogP contribution in [0.3, 0.4) is 0 Å². The third-order valence-corrected chi connectivity index (χ3v) is 2.64. The first-order valence-electron chi connectivity index (χ1n) is 4.47. The highest BCUT2D eigenvalue weighted by molar-refractivity contribution is 5.98. The minimum Gasteiger partial charge on any atom is -0.317 e. The van der Waals surface area contributed by atoms with Crippen LogP contribution in [-0.4, -0.2) is 18.9 Å². The molecule has 0 unspecified atom stereocenters. The molecule has 2 heteroatoms. The molecule has 1 N–H and O–H groups in total. The molecule has 1 aliphatic heterocycles. The smallest absolute Gasteiger partial charge is 0.163 e. The Morgan fingerprint density at radius 1 is 1.42 bits per heavy atom. The van der Waals surface area contributed by atoms with Crippen molar-refractivity contribution in [2.75, 3.05) is 13.1 Å². The van der Waals surface area contributed by atoms with E-state index >= 15 is 0 Å². The van der Waals surface area contributed by atoms with Gasteiger partial charge in [0.1, 0.15) is 0 Å². The molecular formula is C10H17NO. The highest BCUT2D eigenvalue weighted by Crippen LogP contribution is 2.31. The van der Waals surface area contributed by atoms with Crippen molar-refractivity contribution in [3.8, 4) is 0 Å². The number of carbonyl (C=O) groups is 1. The van der Waals surface area contributed by atoms with Crippen molar-refractivity contribution in [1.82, 2.24) is 5.32 Å². The van der Waals surface area contributed by atoms with E-state index < -0.39 is 0 Å². The summed E-state index contributed by atoms with van der Waals surface area (Å²) in [5, 5.41) is 3.25. The van der Waals surface area contributed by atoms with Crippen LogP contribution in [0, 0.1) is 5.41 Å². The van der Waals surface area contributed by atoms with Gasteiger partial charge in [-0.2, -0.15) is 0 Å². The van der Waals surface area contributed by atoms with Crippen LogP contribution < -0.4 is 5.32 Å². The molecule has 0 aromatic carbocycles. The molecule has 0 bridgehead atoms. The van der Waals surface area contributed by atoms with Gasteiger partial charge in [-0.15, -0.1) is 0 Å². The maximum Gasteiger partial charge on any atom is 0.163 e. The van der Waals surface area contributed by atoms with Gasteiger partial charge in [-0.1, -0.05) is 13.5 Å². The lowest BCUT2D eigenvalue weighted by atomic mass is 9.75. The van der Waals surface area contributed by atoms with Gasteiger partial charge in [-0.25, -0.2) is 0 Å². The van der Waals surface area contributed by atoms with Crippen molar-refractivity contribution in [3.63, 3.8) is 0 Å². The van der Waals surface area contributed by atoms with Crippen molar-refractivity contribution in [2.45, 2.75) is 26.7 Å². The molecule has 0 atom stereocenters. The Bertz CT molecular complexity index is 202. The zero-order chi connectivity index (χ0) is 9.19. The van der Waals surface area contributed by atoms with E-state index in [0.717, 1.165) is 25.9 Å². The van der Waals surface area contributed by atoms with E-state index in [9.17, 15) is 4.79 Å². The fraction of sp³-hybridized carbons (Fsp3) is 0.700. The Morgan fingerprint density at radius 2 is 1.92 bits per heavy atom. The normalized spacial score (nSPS) is 21.8. The van der Waals surface area contributed by atoms with Crippen LogP contribution in [-0.2, 0) is 4.79 Å². The summed E-state index contributed by atoms with van der Waals surface area (Å²) in [7, 11) is 0. The van der Waals surface area contributed by atoms with Gasteiger partial charge >= 0.3 is 0 Å². The number of rotatable bonds is 2. The van der Waals surface area contributed by atoms with Crippen molar-refractivity contribution in [2.24, 2.45) is 5.41 Å². The van der Waals surface area contributed by atoms with Gasteiger partial charge in [-0.3, -0.25) is 4.79 Å². The summed E-state index contributed by atoms with van der Waals surface area (Å²) in [5.41, 5.74) is 0.552. The van der Waals surface area contributed by atoms with Gasteiger partial charge in [0, 0.05) is 5.41 Å². The molecule has 0 spiro atoms. The lowest BCUT2D eigenvalue weighted by molar-refractivity contribution is -0.125. The van der Waals surface area contributed by atoms with Crippen LogP contribution in [0.25, 0.3) is 0 Å². The van der Waals surface area contributed by atoms with Crippen LogP contribution in [0.5, 0.6) is 0 Å². The summed E-state index contributed by atoms with van der Waals surface area (Å²) in [6, 6.07) is 0. The maximum absolute atomic E-state index is 11.7. The predicted molar refractivity (Wildman–Crippen MR) is 50.0 cm³/mol. The molecule has 0 aromatic rings. The third-order valence-electron chi connectivity index (χ3n) is 2.64. The highest BCUT2D eigenvalue weighted by atomic mass is 16.1. The molecule has 0 amide bonds. The first-order chi connectivity index (χ1) is 5.56. The van der Waals surface area contributed by atoms with Gasteiger partial charge in [0.25, 0.3) is 0 Å². The lowest BCUT2D eigenvalue weighted by Gasteiger charge is -2.32. The van der Waals surface area contributed by atoms with E-state index in [1.165, 1.54) is 0 Å². The van der Waals surface area contributed by atoms with E-state index in [1.54, 1.807) is 6.92 Å². The second-order valence-corrected chi connectivity index (χ2v) is 3.92. The van der Waals surface area contributed by atoms with Gasteiger partial charge in [0.05, 0.1) is 0 Å². The molecule has 1 saturated heterocycles. The van der Waals surface area contributed by atoms with Crippen LogP contribution in [0.15, 0.2) is 12.2 Å². The average Bonchev–Trinajstić information content (AvgIpc) is 2.04. The van der Waals surface area contributed by atoms with Gasteiger partial charge in [0.2, 0.25) is 0 Å². The van der Waals surface area contributed by atoms with E-state index in [2.05, 4.69) is 11.9 Å². The number of ketones is 1. The second-order valence-electron chi connectivity index (χ2n) is 3.92. The van der Waals surface area contributed by atoms with Crippen molar-refractivity contribution >= 4 is 5.78 Å². The van der Waals surface area contributed by atoms with E-state index in [1.807, 2.05) is 6.92 Å². The molecule has 1 fully saturated rings. The topological polar surface area (TPSA) is 29.1 Å². The van der Waals surface area contributed by atoms with E-state index in [0.29, 0.717) is 5.57 Å². The third kappa shape index (κ3) is 1.75. The Morgan fingerprint density at radius 3 is 2.33 bits per heavy atom. The molecule has 1 heterocycles. The summed E-state index contributed by atoms with van der Waals surface area (Å²) in [5.74, 6) is 0.240. The van der Waals surface area contributed by atoms with Crippen LogP contribution in [0.4, 0.5) is 0 Å². The van der Waals surface area contributed by atoms with Crippen molar-refractivity contribution < 1.29 is 4.79 Å². The molecule has 1 aliphatic rings. The van der Waals surface area contributed by atoms with Crippen LogP contribution in [0.2, 0.25) is 0 Å². The molecular weight excluding hydrogens is 150 g/mol. The lowest BCUT2D eigenvalue weighted by Crippen LogP contribution is -2.40. The molecule has 1 rings (SSSR count). The van der Waals surface area contributed by atoms with Crippen molar-refractivity contribution in [3.05, 3.63) is 12.2 Å². The summed E-state index contributed by atoms with van der Waals surface area (Å²) in [4.78, 5) is 11.7. The fourth-order valence-corrected chi connectivity index (χ4v) is 1.72.